The Morgan fingerprint density at radius 2 is 1.71 bits per heavy atom. The summed E-state index contributed by atoms with van der Waals surface area (Å²) in [6.45, 7) is 1.21. The minimum absolute atomic E-state index is 0.459. The van der Waals surface area contributed by atoms with E-state index in [1.165, 1.54) is 44.2 Å². The van der Waals surface area contributed by atoms with Crippen LogP contribution in [-0.4, -0.2) is 29.6 Å². The lowest BCUT2D eigenvalue weighted by Gasteiger charge is -2.37. The van der Waals surface area contributed by atoms with Gasteiger partial charge in [0.25, 0.3) is 0 Å². The SMILES string of the molecule is NC1C[C@H]2CC[C@@H](C1)N2CCc1ccccc1. The molecule has 2 bridgehead atoms. The monoisotopic (exact) mass is 230 g/mol. The number of hydrogen-bond acceptors (Lipinski definition) is 2. The van der Waals surface area contributed by atoms with Crippen molar-refractivity contribution >= 4 is 0 Å². The Kier molecular flexibility index (Phi) is 3.17. The van der Waals surface area contributed by atoms with E-state index in [1.54, 1.807) is 0 Å². The highest BCUT2D eigenvalue weighted by Crippen LogP contribution is 2.34. The van der Waals surface area contributed by atoms with Crippen molar-refractivity contribution in [1.29, 1.82) is 0 Å². The zero-order valence-corrected chi connectivity index (χ0v) is 10.4. The molecule has 2 heteroatoms. The maximum absolute atomic E-state index is 6.10. The fraction of sp³-hybridized carbons (Fsp3) is 0.600. The summed E-state index contributed by atoms with van der Waals surface area (Å²) in [6, 6.07) is 12.8. The van der Waals surface area contributed by atoms with Gasteiger partial charge in [0.1, 0.15) is 0 Å². The number of benzene rings is 1. The summed E-state index contributed by atoms with van der Waals surface area (Å²) in [5.74, 6) is 0. The Morgan fingerprint density at radius 1 is 1.06 bits per heavy atom. The molecule has 2 nitrogen and oxygen atoms in total. The predicted molar refractivity (Wildman–Crippen MR) is 70.9 cm³/mol. The van der Waals surface area contributed by atoms with Crippen molar-refractivity contribution in [2.45, 2.75) is 50.2 Å². The van der Waals surface area contributed by atoms with Crippen LogP contribution in [0.1, 0.15) is 31.2 Å². The Hall–Kier alpha value is -0.860. The van der Waals surface area contributed by atoms with Crippen molar-refractivity contribution in [3.05, 3.63) is 35.9 Å². The maximum Gasteiger partial charge on any atom is 0.0114 e. The second-order valence-corrected chi connectivity index (χ2v) is 5.59. The third kappa shape index (κ3) is 2.38. The van der Waals surface area contributed by atoms with Crippen LogP contribution in [0.3, 0.4) is 0 Å². The molecule has 2 aliphatic rings. The van der Waals surface area contributed by atoms with Crippen LogP contribution in [0.15, 0.2) is 30.3 Å². The molecule has 0 spiro atoms. The lowest BCUT2D eigenvalue weighted by atomic mass is 9.97. The number of fused-ring (bicyclic) bond motifs is 2. The van der Waals surface area contributed by atoms with Gasteiger partial charge >= 0.3 is 0 Å². The largest absolute Gasteiger partial charge is 0.328 e. The average Bonchev–Trinajstić information content (AvgIpc) is 2.59. The van der Waals surface area contributed by atoms with E-state index in [1.807, 2.05) is 0 Å². The molecule has 0 saturated carbocycles. The summed E-state index contributed by atoms with van der Waals surface area (Å²) in [5, 5.41) is 0. The standard InChI is InChI=1S/C15H22N2/c16-13-10-14-6-7-15(11-13)17(14)9-8-12-4-2-1-3-5-12/h1-5,13-15H,6-11,16H2/t13?,14-,15+. The molecule has 3 atom stereocenters. The van der Waals surface area contributed by atoms with E-state index < -0.39 is 0 Å². The summed E-state index contributed by atoms with van der Waals surface area (Å²) in [5.41, 5.74) is 7.56. The van der Waals surface area contributed by atoms with Gasteiger partial charge in [0.15, 0.2) is 0 Å². The van der Waals surface area contributed by atoms with Gasteiger partial charge in [0.2, 0.25) is 0 Å². The van der Waals surface area contributed by atoms with E-state index in [0.717, 1.165) is 12.1 Å². The minimum Gasteiger partial charge on any atom is -0.328 e. The van der Waals surface area contributed by atoms with Crippen molar-refractivity contribution in [2.75, 3.05) is 6.54 Å². The Morgan fingerprint density at radius 3 is 2.35 bits per heavy atom. The van der Waals surface area contributed by atoms with E-state index >= 15 is 0 Å². The predicted octanol–water partition coefficient (Wildman–Crippen LogP) is 2.18. The fourth-order valence-electron chi connectivity index (χ4n) is 3.58. The smallest absolute Gasteiger partial charge is 0.0114 e. The van der Waals surface area contributed by atoms with Crippen molar-refractivity contribution in [3.63, 3.8) is 0 Å². The maximum atomic E-state index is 6.10. The number of piperidine rings is 1. The van der Waals surface area contributed by atoms with Gasteiger partial charge in [-0.25, -0.2) is 0 Å². The molecule has 1 unspecified atom stereocenters. The highest BCUT2D eigenvalue weighted by atomic mass is 15.2. The molecule has 1 aromatic rings. The first-order valence-electron chi connectivity index (χ1n) is 6.88. The van der Waals surface area contributed by atoms with Gasteiger partial charge in [0, 0.05) is 24.7 Å². The first kappa shape index (κ1) is 11.2. The van der Waals surface area contributed by atoms with Gasteiger partial charge in [-0.1, -0.05) is 30.3 Å². The number of hydrogen-bond donors (Lipinski definition) is 1. The number of rotatable bonds is 3. The molecule has 2 N–H and O–H groups in total. The molecule has 0 aliphatic carbocycles. The summed E-state index contributed by atoms with van der Waals surface area (Å²) in [6.07, 6.45) is 6.35. The molecule has 0 radical (unpaired) electrons. The van der Waals surface area contributed by atoms with Gasteiger partial charge < -0.3 is 5.73 Å². The lowest BCUT2D eigenvalue weighted by molar-refractivity contribution is 0.129. The second kappa shape index (κ2) is 4.79. The van der Waals surface area contributed by atoms with Crippen LogP contribution in [0.25, 0.3) is 0 Å². The minimum atomic E-state index is 0.459. The van der Waals surface area contributed by atoms with E-state index in [4.69, 9.17) is 5.73 Å². The summed E-state index contributed by atoms with van der Waals surface area (Å²) in [7, 11) is 0. The number of nitrogens with two attached hydrogens (primary N) is 1. The molecule has 2 aliphatic heterocycles. The van der Waals surface area contributed by atoms with Crippen LogP contribution in [0, 0.1) is 0 Å². The summed E-state index contributed by atoms with van der Waals surface area (Å²) < 4.78 is 0. The molecule has 2 heterocycles. The van der Waals surface area contributed by atoms with E-state index in [9.17, 15) is 0 Å². The van der Waals surface area contributed by atoms with Crippen LogP contribution in [0.4, 0.5) is 0 Å². The Balaban J connectivity index is 1.60. The molecular formula is C15H22N2. The average molecular weight is 230 g/mol. The first-order chi connectivity index (χ1) is 8.33. The molecule has 1 aromatic carbocycles. The molecule has 92 valence electrons. The van der Waals surface area contributed by atoms with Gasteiger partial charge in [0.05, 0.1) is 0 Å². The molecule has 2 saturated heterocycles. The van der Waals surface area contributed by atoms with Crippen LogP contribution in [-0.2, 0) is 6.42 Å². The van der Waals surface area contributed by atoms with Gasteiger partial charge in [-0.3, -0.25) is 4.90 Å². The highest BCUT2D eigenvalue weighted by Gasteiger charge is 2.38. The van der Waals surface area contributed by atoms with Gasteiger partial charge in [-0.05, 0) is 37.7 Å². The summed E-state index contributed by atoms with van der Waals surface area (Å²) >= 11 is 0. The molecule has 2 fully saturated rings. The zero-order valence-electron chi connectivity index (χ0n) is 10.4. The number of nitrogens with zero attached hydrogens (tertiary/aromatic N) is 1. The van der Waals surface area contributed by atoms with E-state index in [2.05, 4.69) is 35.2 Å². The zero-order chi connectivity index (χ0) is 11.7. The van der Waals surface area contributed by atoms with Crippen molar-refractivity contribution in [3.8, 4) is 0 Å². The van der Waals surface area contributed by atoms with Crippen LogP contribution in [0.2, 0.25) is 0 Å². The highest BCUT2D eigenvalue weighted by molar-refractivity contribution is 5.15. The van der Waals surface area contributed by atoms with Crippen LogP contribution >= 0.6 is 0 Å². The lowest BCUT2D eigenvalue weighted by Crippen LogP contribution is -2.48. The molecule has 0 aromatic heterocycles. The molecule has 0 amide bonds. The van der Waals surface area contributed by atoms with E-state index in [-0.39, 0.29) is 0 Å². The Bertz CT molecular complexity index is 348. The van der Waals surface area contributed by atoms with Crippen molar-refractivity contribution < 1.29 is 0 Å². The first-order valence-corrected chi connectivity index (χ1v) is 6.88. The van der Waals surface area contributed by atoms with Gasteiger partial charge in [-0.15, -0.1) is 0 Å². The molecular weight excluding hydrogens is 208 g/mol. The molecule has 17 heavy (non-hydrogen) atoms. The van der Waals surface area contributed by atoms with Crippen LogP contribution < -0.4 is 5.73 Å². The van der Waals surface area contributed by atoms with Crippen LogP contribution in [0.5, 0.6) is 0 Å². The van der Waals surface area contributed by atoms with E-state index in [0.29, 0.717) is 6.04 Å². The van der Waals surface area contributed by atoms with Crippen molar-refractivity contribution in [2.24, 2.45) is 5.73 Å². The third-order valence-corrected chi connectivity index (χ3v) is 4.42. The topological polar surface area (TPSA) is 29.3 Å². The Labute approximate surface area is 104 Å². The second-order valence-electron chi connectivity index (χ2n) is 5.59. The van der Waals surface area contributed by atoms with Gasteiger partial charge in [-0.2, -0.15) is 0 Å². The van der Waals surface area contributed by atoms with Crippen molar-refractivity contribution in [1.82, 2.24) is 4.90 Å². The quantitative estimate of drug-likeness (QED) is 0.862. The summed E-state index contributed by atoms with van der Waals surface area (Å²) in [4.78, 5) is 2.72. The fourth-order valence-corrected chi connectivity index (χ4v) is 3.58. The third-order valence-electron chi connectivity index (χ3n) is 4.42. The molecule has 3 rings (SSSR count). The normalized spacial score (nSPS) is 32.9.